The first-order chi connectivity index (χ1) is 13.1. The number of rotatable bonds is 8. The lowest BCUT2D eigenvalue weighted by atomic mass is 9.84. The lowest BCUT2D eigenvalue weighted by Crippen LogP contribution is -2.37. The number of nitrogens with one attached hydrogen (secondary N) is 1. The number of nitrogens with zero attached hydrogens (tertiary/aromatic N) is 1. The van der Waals surface area contributed by atoms with Crippen LogP contribution in [0.3, 0.4) is 0 Å². The summed E-state index contributed by atoms with van der Waals surface area (Å²) in [5.74, 6) is -0.336. The quantitative estimate of drug-likeness (QED) is 0.697. The van der Waals surface area contributed by atoms with Crippen LogP contribution in [0, 0.1) is 0 Å². The van der Waals surface area contributed by atoms with E-state index in [1.165, 1.54) is 22.5 Å². The summed E-state index contributed by atoms with van der Waals surface area (Å²) in [5, 5.41) is 3.01. The molecule has 5 nitrogen and oxygen atoms in total. The Balaban J connectivity index is 2.23. The highest BCUT2D eigenvalue weighted by Crippen LogP contribution is 2.26. The van der Waals surface area contributed by atoms with Crippen molar-refractivity contribution in [2.75, 3.05) is 19.6 Å². The van der Waals surface area contributed by atoms with Gasteiger partial charge in [0.1, 0.15) is 4.90 Å². The summed E-state index contributed by atoms with van der Waals surface area (Å²) in [7, 11) is -3.75. The van der Waals surface area contributed by atoms with Crippen LogP contribution in [0.4, 0.5) is 0 Å². The van der Waals surface area contributed by atoms with Crippen LogP contribution in [0.15, 0.2) is 53.4 Å². The first-order valence-corrected chi connectivity index (χ1v) is 11.1. The van der Waals surface area contributed by atoms with E-state index in [0.29, 0.717) is 19.6 Å². The van der Waals surface area contributed by atoms with E-state index >= 15 is 0 Å². The minimum atomic E-state index is -3.75. The van der Waals surface area contributed by atoms with Crippen molar-refractivity contribution in [1.29, 1.82) is 0 Å². The van der Waals surface area contributed by atoms with Crippen molar-refractivity contribution in [3.63, 3.8) is 0 Å². The highest BCUT2D eigenvalue weighted by atomic mass is 35.5. The molecule has 7 heteroatoms. The van der Waals surface area contributed by atoms with Crippen LogP contribution in [-0.2, 0) is 15.4 Å². The molecule has 0 atom stereocenters. The third-order valence-electron chi connectivity index (χ3n) is 4.76. The molecule has 0 aliphatic rings. The van der Waals surface area contributed by atoms with E-state index in [1.54, 1.807) is 13.8 Å². The number of carbonyl (C=O) groups excluding carboxylic acids is 1. The molecular formula is C21H27ClN2O3S. The monoisotopic (exact) mass is 422 g/mol. The van der Waals surface area contributed by atoms with Crippen molar-refractivity contribution in [3.05, 3.63) is 64.7 Å². The SMILES string of the molecule is CCN(CC)S(=O)(=O)c1cc(C(=O)NCC(C)(C)c2ccccc2)ccc1Cl. The Morgan fingerprint density at radius 2 is 1.68 bits per heavy atom. The summed E-state index contributed by atoms with van der Waals surface area (Å²) < 4.78 is 26.9. The van der Waals surface area contributed by atoms with E-state index in [2.05, 4.69) is 5.32 Å². The highest BCUT2D eigenvalue weighted by molar-refractivity contribution is 7.89. The minimum Gasteiger partial charge on any atom is -0.351 e. The molecule has 152 valence electrons. The molecular weight excluding hydrogens is 396 g/mol. The maximum absolute atomic E-state index is 12.8. The Bertz CT molecular complexity index is 924. The summed E-state index contributed by atoms with van der Waals surface area (Å²) in [6.45, 7) is 8.68. The topological polar surface area (TPSA) is 66.5 Å². The molecule has 0 saturated carbocycles. The van der Waals surface area contributed by atoms with E-state index in [1.807, 2.05) is 44.2 Å². The third-order valence-corrected chi connectivity index (χ3v) is 7.29. The molecule has 0 heterocycles. The highest BCUT2D eigenvalue weighted by Gasteiger charge is 2.26. The van der Waals surface area contributed by atoms with Crippen molar-refractivity contribution in [1.82, 2.24) is 9.62 Å². The second kappa shape index (κ2) is 9.07. The van der Waals surface area contributed by atoms with Gasteiger partial charge < -0.3 is 5.32 Å². The van der Waals surface area contributed by atoms with Gasteiger partial charge in [0.25, 0.3) is 5.91 Å². The lowest BCUT2D eigenvalue weighted by Gasteiger charge is -2.25. The maximum Gasteiger partial charge on any atom is 0.251 e. The van der Waals surface area contributed by atoms with Gasteiger partial charge in [-0.05, 0) is 23.8 Å². The zero-order chi connectivity index (χ0) is 20.9. The van der Waals surface area contributed by atoms with Gasteiger partial charge in [-0.3, -0.25) is 4.79 Å². The molecule has 0 aromatic heterocycles. The second-order valence-electron chi connectivity index (χ2n) is 7.17. The average molecular weight is 423 g/mol. The number of halogens is 1. The number of sulfonamides is 1. The summed E-state index contributed by atoms with van der Waals surface area (Å²) in [6.07, 6.45) is 0. The van der Waals surface area contributed by atoms with Crippen LogP contribution >= 0.6 is 11.6 Å². The number of amides is 1. The van der Waals surface area contributed by atoms with Gasteiger partial charge in [0.2, 0.25) is 10.0 Å². The van der Waals surface area contributed by atoms with Gasteiger partial charge in [0.05, 0.1) is 5.02 Å². The van der Waals surface area contributed by atoms with E-state index in [9.17, 15) is 13.2 Å². The summed E-state index contributed by atoms with van der Waals surface area (Å²) in [5.41, 5.74) is 1.11. The van der Waals surface area contributed by atoms with Gasteiger partial charge in [0.15, 0.2) is 0 Å². The lowest BCUT2D eigenvalue weighted by molar-refractivity contribution is 0.0945. The molecule has 1 N–H and O–H groups in total. The van der Waals surface area contributed by atoms with Crippen LogP contribution in [0.1, 0.15) is 43.6 Å². The van der Waals surface area contributed by atoms with Gasteiger partial charge in [-0.1, -0.05) is 69.6 Å². The smallest absolute Gasteiger partial charge is 0.251 e. The Hall–Kier alpha value is -1.89. The molecule has 28 heavy (non-hydrogen) atoms. The molecule has 0 unspecified atom stereocenters. The summed E-state index contributed by atoms with van der Waals surface area (Å²) in [6, 6.07) is 14.2. The number of benzene rings is 2. The zero-order valence-electron chi connectivity index (χ0n) is 16.7. The van der Waals surface area contributed by atoms with Crippen molar-refractivity contribution in [2.24, 2.45) is 0 Å². The number of hydrogen-bond acceptors (Lipinski definition) is 3. The van der Waals surface area contributed by atoms with Gasteiger partial charge >= 0.3 is 0 Å². The second-order valence-corrected chi connectivity index (χ2v) is 9.48. The van der Waals surface area contributed by atoms with E-state index < -0.39 is 10.0 Å². The summed E-state index contributed by atoms with van der Waals surface area (Å²) in [4.78, 5) is 12.6. The van der Waals surface area contributed by atoms with Gasteiger partial charge in [-0.2, -0.15) is 4.31 Å². The van der Waals surface area contributed by atoms with Gasteiger partial charge in [-0.15, -0.1) is 0 Å². The molecule has 0 aliphatic heterocycles. The van der Waals surface area contributed by atoms with Crippen LogP contribution < -0.4 is 5.32 Å². The van der Waals surface area contributed by atoms with Gasteiger partial charge in [-0.25, -0.2) is 8.42 Å². The molecule has 0 radical (unpaired) electrons. The standard InChI is InChI=1S/C21H27ClN2O3S/c1-5-24(6-2)28(26,27)19-14-16(12-13-18(19)22)20(25)23-15-21(3,4)17-10-8-7-9-11-17/h7-14H,5-6,15H2,1-4H3,(H,23,25). The summed E-state index contributed by atoms with van der Waals surface area (Å²) >= 11 is 6.14. The Labute approximate surface area is 172 Å². The number of carbonyl (C=O) groups is 1. The van der Waals surface area contributed by atoms with Crippen LogP contribution in [-0.4, -0.2) is 38.3 Å². The first kappa shape index (κ1) is 22.4. The molecule has 0 spiro atoms. The Morgan fingerprint density at radius 1 is 1.07 bits per heavy atom. The van der Waals surface area contributed by atoms with Gasteiger partial charge in [0, 0.05) is 30.6 Å². The van der Waals surface area contributed by atoms with Crippen molar-refractivity contribution >= 4 is 27.5 Å². The molecule has 1 amide bonds. The third kappa shape index (κ3) is 4.93. The van der Waals surface area contributed by atoms with E-state index in [-0.39, 0.29) is 26.8 Å². The molecule has 0 aliphatic carbocycles. The van der Waals surface area contributed by atoms with Crippen molar-refractivity contribution in [2.45, 2.75) is 38.0 Å². The van der Waals surface area contributed by atoms with Crippen molar-refractivity contribution in [3.8, 4) is 0 Å². The average Bonchev–Trinajstić information content (AvgIpc) is 2.68. The first-order valence-electron chi connectivity index (χ1n) is 9.27. The zero-order valence-corrected chi connectivity index (χ0v) is 18.3. The molecule has 2 aromatic carbocycles. The minimum absolute atomic E-state index is 0.0483. The van der Waals surface area contributed by atoms with Crippen LogP contribution in [0.2, 0.25) is 5.02 Å². The fourth-order valence-electron chi connectivity index (χ4n) is 2.94. The predicted molar refractivity (Wildman–Crippen MR) is 113 cm³/mol. The predicted octanol–water partition coefficient (Wildman–Crippen LogP) is 4.08. The number of hydrogen-bond donors (Lipinski definition) is 1. The van der Waals surface area contributed by atoms with Crippen LogP contribution in [0.25, 0.3) is 0 Å². The Kier molecular flexibility index (Phi) is 7.26. The van der Waals surface area contributed by atoms with E-state index in [4.69, 9.17) is 11.6 Å². The largest absolute Gasteiger partial charge is 0.351 e. The molecule has 2 aromatic rings. The Morgan fingerprint density at radius 3 is 2.25 bits per heavy atom. The fraction of sp³-hybridized carbons (Fsp3) is 0.381. The molecule has 0 bridgehead atoms. The van der Waals surface area contributed by atoms with E-state index in [0.717, 1.165) is 5.56 Å². The normalized spacial score (nSPS) is 12.2. The molecule has 0 fully saturated rings. The maximum atomic E-state index is 12.8. The van der Waals surface area contributed by atoms with Crippen LogP contribution in [0.5, 0.6) is 0 Å². The molecule has 0 saturated heterocycles. The fourth-order valence-corrected chi connectivity index (χ4v) is 4.90. The molecule has 2 rings (SSSR count). The van der Waals surface area contributed by atoms with Crippen molar-refractivity contribution < 1.29 is 13.2 Å².